The fraction of sp³-hybridized carbons (Fsp3) is 0.462. The zero-order valence-corrected chi connectivity index (χ0v) is 12.9. The number of rotatable bonds is 8. The normalized spacial score (nSPS) is 12.9. The zero-order chi connectivity index (χ0) is 15.9. The van der Waals surface area contributed by atoms with E-state index < -0.39 is 10.0 Å². The van der Waals surface area contributed by atoms with Gasteiger partial charge in [0.25, 0.3) is 5.91 Å². The Kier molecular flexibility index (Phi) is 6.76. The molecular weight excluding hydrogens is 294 g/mol. The van der Waals surface area contributed by atoms with Crippen LogP contribution in [0.15, 0.2) is 29.2 Å². The molecule has 0 aliphatic rings. The Hall–Kier alpha value is -1.48. The second kappa shape index (κ2) is 8.08. The molecule has 21 heavy (non-hydrogen) atoms. The van der Waals surface area contributed by atoms with Crippen LogP contribution in [0.25, 0.3) is 0 Å². The summed E-state index contributed by atoms with van der Waals surface area (Å²) in [5.74, 6) is -0.359. The predicted octanol–water partition coefficient (Wildman–Crippen LogP) is -0.312. The van der Waals surface area contributed by atoms with E-state index in [-0.39, 0.29) is 35.6 Å². The van der Waals surface area contributed by atoms with Crippen LogP contribution < -0.4 is 15.8 Å². The smallest absolute Gasteiger partial charge is 0.251 e. The van der Waals surface area contributed by atoms with Gasteiger partial charge in [0.2, 0.25) is 10.0 Å². The summed E-state index contributed by atoms with van der Waals surface area (Å²) in [6.07, 6.45) is 0. The van der Waals surface area contributed by atoms with Crippen LogP contribution in [-0.4, -0.2) is 47.2 Å². The minimum absolute atomic E-state index is 0.0339. The summed E-state index contributed by atoms with van der Waals surface area (Å²) in [5.41, 5.74) is 5.70. The molecule has 0 spiro atoms. The van der Waals surface area contributed by atoms with Crippen molar-refractivity contribution in [1.29, 1.82) is 0 Å². The van der Waals surface area contributed by atoms with Gasteiger partial charge in [-0.1, -0.05) is 6.07 Å². The van der Waals surface area contributed by atoms with Crippen LogP contribution in [0.2, 0.25) is 0 Å². The molecule has 4 N–H and O–H groups in total. The molecule has 1 aromatic carbocycles. The third-order valence-electron chi connectivity index (χ3n) is 2.74. The maximum Gasteiger partial charge on any atom is 0.251 e. The van der Waals surface area contributed by atoms with Crippen LogP contribution in [-0.2, 0) is 14.8 Å². The Bertz CT molecular complexity index is 575. The number of benzene rings is 1. The van der Waals surface area contributed by atoms with Crippen LogP contribution in [0.5, 0.6) is 0 Å². The summed E-state index contributed by atoms with van der Waals surface area (Å²) in [6, 6.07) is 5.64. The van der Waals surface area contributed by atoms with Gasteiger partial charge in [-0.2, -0.15) is 0 Å². The minimum atomic E-state index is -3.66. The Morgan fingerprint density at radius 2 is 2.14 bits per heavy atom. The van der Waals surface area contributed by atoms with Gasteiger partial charge in [0.05, 0.1) is 11.5 Å². The highest BCUT2D eigenvalue weighted by molar-refractivity contribution is 7.89. The number of nitrogens with one attached hydrogen (secondary N) is 2. The van der Waals surface area contributed by atoms with Gasteiger partial charge in [0.15, 0.2) is 0 Å². The molecule has 7 nitrogen and oxygen atoms in total. The Labute approximate surface area is 124 Å². The summed E-state index contributed by atoms with van der Waals surface area (Å²) < 4.78 is 31.3. The number of hydrogen-bond acceptors (Lipinski definition) is 5. The molecule has 0 heterocycles. The van der Waals surface area contributed by atoms with Crippen molar-refractivity contribution in [2.45, 2.75) is 17.9 Å². The minimum Gasteiger partial charge on any atom is -0.383 e. The molecule has 118 valence electrons. The fourth-order valence-corrected chi connectivity index (χ4v) is 2.59. The number of carbonyl (C=O) groups is 1. The molecule has 0 aliphatic carbocycles. The number of carbonyl (C=O) groups excluding carboxylic acids is 1. The third-order valence-corrected chi connectivity index (χ3v) is 4.19. The zero-order valence-electron chi connectivity index (χ0n) is 12.1. The van der Waals surface area contributed by atoms with Crippen LogP contribution in [0, 0.1) is 0 Å². The number of nitrogens with two attached hydrogens (primary N) is 1. The van der Waals surface area contributed by atoms with E-state index in [1.807, 2.05) is 0 Å². The maximum absolute atomic E-state index is 12.0. The Morgan fingerprint density at radius 1 is 1.43 bits per heavy atom. The molecule has 0 unspecified atom stereocenters. The summed E-state index contributed by atoms with van der Waals surface area (Å²) in [4.78, 5) is 12.0. The maximum atomic E-state index is 12.0. The van der Waals surface area contributed by atoms with Crippen LogP contribution in [0.1, 0.15) is 17.3 Å². The van der Waals surface area contributed by atoms with Crippen molar-refractivity contribution in [3.05, 3.63) is 29.8 Å². The van der Waals surface area contributed by atoms with Crippen molar-refractivity contribution >= 4 is 15.9 Å². The first-order valence-electron chi connectivity index (χ1n) is 6.50. The summed E-state index contributed by atoms with van der Waals surface area (Å²) in [6.45, 7) is 2.51. The fourth-order valence-electron chi connectivity index (χ4n) is 1.53. The van der Waals surface area contributed by atoms with E-state index in [9.17, 15) is 13.2 Å². The lowest BCUT2D eigenvalue weighted by atomic mass is 10.2. The molecule has 1 aromatic rings. The van der Waals surface area contributed by atoms with E-state index in [0.29, 0.717) is 6.54 Å². The SMILES string of the molecule is COCCNS(=O)(=O)c1cccc(C(=O)N[C@@H](C)CN)c1. The number of hydrogen-bond donors (Lipinski definition) is 3. The van der Waals surface area contributed by atoms with Crippen molar-refractivity contribution in [3.63, 3.8) is 0 Å². The first-order valence-corrected chi connectivity index (χ1v) is 7.98. The molecule has 0 aliphatic heterocycles. The standard InChI is InChI=1S/C13H21N3O4S/c1-10(9-14)16-13(17)11-4-3-5-12(8-11)21(18,19)15-6-7-20-2/h3-5,8,10,15H,6-7,9,14H2,1-2H3,(H,16,17)/t10-/m0/s1. The van der Waals surface area contributed by atoms with E-state index in [0.717, 1.165) is 0 Å². The average Bonchev–Trinajstić information content (AvgIpc) is 2.47. The van der Waals surface area contributed by atoms with Gasteiger partial charge in [-0.25, -0.2) is 13.1 Å². The van der Waals surface area contributed by atoms with Gasteiger partial charge in [-0.05, 0) is 25.1 Å². The molecule has 1 amide bonds. The molecule has 0 saturated heterocycles. The number of amides is 1. The second-order valence-corrected chi connectivity index (χ2v) is 6.30. The van der Waals surface area contributed by atoms with Gasteiger partial charge in [0, 0.05) is 31.8 Å². The predicted molar refractivity (Wildman–Crippen MR) is 79.5 cm³/mol. The van der Waals surface area contributed by atoms with Gasteiger partial charge in [-0.15, -0.1) is 0 Å². The monoisotopic (exact) mass is 315 g/mol. The largest absolute Gasteiger partial charge is 0.383 e. The van der Waals surface area contributed by atoms with Gasteiger partial charge in [0.1, 0.15) is 0 Å². The topological polar surface area (TPSA) is 111 Å². The van der Waals surface area contributed by atoms with Gasteiger partial charge in [-0.3, -0.25) is 4.79 Å². The third kappa shape index (κ3) is 5.43. The first-order chi connectivity index (χ1) is 9.90. The summed E-state index contributed by atoms with van der Waals surface area (Å²) >= 11 is 0. The van der Waals surface area contributed by atoms with Crippen molar-refractivity contribution < 1.29 is 17.9 Å². The van der Waals surface area contributed by atoms with Crippen molar-refractivity contribution in [1.82, 2.24) is 10.0 Å². The molecular formula is C13H21N3O4S. The van der Waals surface area contributed by atoms with Crippen molar-refractivity contribution in [2.24, 2.45) is 5.73 Å². The highest BCUT2D eigenvalue weighted by atomic mass is 32.2. The lowest BCUT2D eigenvalue weighted by Gasteiger charge is -2.12. The molecule has 0 aromatic heterocycles. The van der Waals surface area contributed by atoms with Crippen LogP contribution in [0.3, 0.4) is 0 Å². The van der Waals surface area contributed by atoms with E-state index in [2.05, 4.69) is 10.0 Å². The average molecular weight is 315 g/mol. The highest BCUT2D eigenvalue weighted by Gasteiger charge is 2.16. The summed E-state index contributed by atoms with van der Waals surface area (Å²) in [5, 5.41) is 2.68. The number of sulfonamides is 1. The van der Waals surface area contributed by atoms with Gasteiger partial charge >= 0.3 is 0 Å². The van der Waals surface area contributed by atoms with E-state index in [4.69, 9.17) is 10.5 Å². The molecule has 0 saturated carbocycles. The Balaban J connectivity index is 2.87. The van der Waals surface area contributed by atoms with E-state index in [1.54, 1.807) is 13.0 Å². The van der Waals surface area contributed by atoms with E-state index >= 15 is 0 Å². The molecule has 0 bridgehead atoms. The Morgan fingerprint density at radius 3 is 2.76 bits per heavy atom. The van der Waals surface area contributed by atoms with Crippen LogP contribution in [0.4, 0.5) is 0 Å². The molecule has 1 rings (SSSR count). The molecule has 8 heteroatoms. The van der Waals surface area contributed by atoms with Crippen molar-refractivity contribution in [3.8, 4) is 0 Å². The first kappa shape index (κ1) is 17.6. The molecule has 0 radical (unpaired) electrons. The molecule has 1 atom stereocenters. The second-order valence-electron chi connectivity index (χ2n) is 4.53. The quantitative estimate of drug-likeness (QED) is 0.570. The number of ether oxygens (including phenoxy) is 1. The van der Waals surface area contributed by atoms with Crippen LogP contribution >= 0.6 is 0 Å². The molecule has 0 fully saturated rings. The highest BCUT2D eigenvalue weighted by Crippen LogP contribution is 2.11. The van der Waals surface area contributed by atoms with Gasteiger partial charge < -0.3 is 15.8 Å². The van der Waals surface area contributed by atoms with Crippen molar-refractivity contribution in [2.75, 3.05) is 26.8 Å². The van der Waals surface area contributed by atoms with E-state index in [1.165, 1.54) is 25.3 Å². The lowest BCUT2D eigenvalue weighted by molar-refractivity contribution is 0.0941. The summed E-state index contributed by atoms with van der Waals surface area (Å²) in [7, 11) is -2.17. The lowest BCUT2D eigenvalue weighted by Crippen LogP contribution is -2.37. The number of methoxy groups -OCH3 is 1.